The SMILES string of the molecule is CCc1nn(-c2c(Cl)cc(Cl)cc2Cl)c2nc(Cc3cccc(NC(=O)CN(C)C)c3C)[nH]c(=O)c12. The van der Waals surface area contributed by atoms with E-state index < -0.39 is 0 Å². The van der Waals surface area contributed by atoms with E-state index in [0.29, 0.717) is 61.8 Å². The van der Waals surface area contributed by atoms with Crippen molar-refractivity contribution in [2.24, 2.45) is 0 Å². The zero-order chi connectivity index (χ0) is 26.1. The average molecular weight is 548 g/mol. The second kappa shape index (κ2) is 10.6. The highest BCUT2D eigenvalue weighted by molar-refractivity contribution is 6.40. The van der Waals surface area contributed by atoms with E-state index in [0.717, 1.165) is 11.1 Å². The molecule has 0 saturated carbocycles. The first-order valence-electron chi connectivity index (χ1n) is 11.3. The number of H-pyrrole nitrogens is 1. The molecule has 0 aliphatic carbocycles. The van der Waals surface area contributed by atoms with E-state index in [1.165, 1.54) is 4.68 Å². The molecule has 36 heavy (non-hydrogen) atoms. The van der Waals surface area contributed by atoms with Crippen LogP contribution < -0.4 is 10.9 Å². The molecule has 0 aliphatic rings. The van der Waals surface area contributed by atoms with Crippen molar-refractivity contribution in [2.45, 2.75) is 26.7 Å². The molecule has 0 aliphatic heterocycles. The number of nitrogens with one attached hydrogen (secondary N) is 2. The fourth-order valence-electron chi connectivity index (χ4n) is 4.03. The van der Waals surface area contributed by atoms with Crippen LogP contribution in [0.25, 0.3) is 16.7 Å². The highest BCUT2D eigenvalue weighted by Crippen LogP contribution is 2.34. The smallest absolute Gasteiger partial charge is 0.262 e. The van der Waals surface area contributed by atoms with Gasteiger partial charge in [-0.15, -0.1) is 0 Å². The number of benzene rings is 2. The number of carbonyl (C=O) groups excluding carboxylic acids is 1. The summed E-state index contributed by atoms with van der Waals surface area (Å²) in [5.41, 5.74) is 3.54. The lowest BCUT2D eigenvalue weighted by atomic mass is 10.0. The van der Waals surface area contributed by atoms with E-state index in [9.17, 15) is 9.59 Å². The van der Waals surface area contributed by atoms with E-state index in [-0.39, 0.29) is 18.0 Å². The van der Waals surface area contributed by atoms with Gasteiger partial charge in [-0.1, -0.05) is 53.9 Å². The van der Waals surface area contributed by atoms with Crippen molar-refractivity contribution >= 4 is 57.4 Å². The van der Waals surface area contributed by atoms with E-state index in [4.69, 9.17) is 39.8 Å². The first-order valence-corrected chi connectivity index (χ1v) is 12.4. The fraction of sp³-hybridized carbons (Fsp3) is 0.280. The van der Waals surface area contributed by atoms with Crippen molar-refractivity contribution in [2.75, 3.05) is 26.0 Å². The van der Waals surface area contributed by atoms with Gasteiger partial charge in [-0.2, -0.15) is 5.10 Å². The van der Waals surface area contributed by atoms with Crippen LogP contribution in [0.3, 0.4) is 0 Å². The highest BCUT2D eigenvalue weighted by atomic mass is 35.5. The first kappa shape index (κ1) is 26.2. The Morgan fingerprint density at radius 2 is 1.86 bits per heavy atom. The van der Waals surface area contributed by atoms with Gasteiger partial charge in [0.2, 0.25) is 5.91 Å². The minimum Gasteiger partial charge on any atom is -0.325 e. The molecule has 11 heteroatoms. The predicted molar refractivity (Wildman–Crippen MR) is 145 cm³/mol. The largest absolute Gasteiger partial charge is 0.325 e. The molecule has 2 aromatic heterocycles. The number of carbonyl (C=O) groups is 1. The molecule has 2 heterocycles. The molecule has 2 N–H and O–H groups in total. The van der Waals surface area contributed by atoms with Crippen LogP contribution >= 0.6 is 34.8 Å². The minimum absolute atomic E-state index is 0.110. The quantitative estimate of drug-likeness (QED) is 0.338. The van der Waals surface area contributed by atoms with Crippen molar-refractivity contribution in [1.29, 1.82) is 0 Å². The Bertz CT molecular complexity index is 1500. The van der Waals surface area contributed by atoms with Gasteiger partial charge in [0.05, 0.1) is 22.3 Å². The number of anilines is 1. The molecular formula is C25H25Cl3N6O2. The standard InChI is InChI=1S/C25H25Cl3N6O2/c1-5-18-22-24(34(32-18)23-16(27)10-15(26)11-17(23)28)30-20(31-25(22)36)9-14-7-6-8-19(13(14)2)29-21(35)12-33(3)4/h6-8,10-11H,5,9,12H2,1-4H3,(H,29,35)(H,30,31,36). The van der Waals surface area contributed by atoms with Gasteiger partial charge in [0.15, 0.2) is 5.65 Å². The summed E-state index contributed by atoms with van der Waals surface area (Å²) in [6.45, 7) is 4.10. The Kier molecular flexibility index (Phi) is 7.70. The molecule has 0 bridgehead atoms. The maximum absolute atomic E-state index is 13.1. The van der Waals surface area contributed by atoms with Crippen LogP contribution in [-0.2, 0) is 17.6 Å². The summed E-state index contributed by atoms with van der Waals surface area (Å²) >= 11 is 19.0. The topological polar surface area (TPSA) is 95.9 Å². The molecule has 8 nitrogen and oxygen atoms in total. The number of nitrogens with zero attached hydrogens (tertiary/aromatic N) is 4. The van der Waals surface area contributed by atoms with Gasteiger partial charge in [-0.25, -0.2) is 9.67 Å². The second-order valence-electron chi connectivity index (χ2n) is 8.69. The number of aromatic nitrogens is 4. The Hall–Kier alpha value is -2.91. The van der Waals surface area contributed by atoms with E-state index >= 15 is 0 Å². The van der Waals surface area contributed by atoms with Crippen LogP contribution in [0.2, 0.25) is 15.1 Å². The van der Waals surface area contributed by atoms with Crippen LogP contribution in [-0.4, -0.2) is 51.2 Å². The number of aromatic amines is 1. The van der Waals surface area contributed by atoms with E-state index in [1.54, 1.807) is 17.0 Å². The van der Waals surface area contributed by atoms with Gasteiger partial charge in [0.25, 0.3) is 5.56 Å². The van der Waals surface area contributed by atoms with Crippen molar-refractivity contribution in [3.05, 3.63) is 78.4 Å². The van der Waals surface area contributed by atoms with Gasteiger partial charge in [-0.3, -0.25) is 9.59 Å². The Balaban J connectivity index is 1.79. The normalized spacial score (nSPS) is 11.4. The average Bonchev–Trinajstić information content (AvgIpc) is 3.14. The molecule has 1 amide bonds. The fourth-order valence-corrected chi connectivity index (χ4v) is 5.01. The number of aryl methyl sites for hydroxylation is 1. The van der Waals surface area contributed by atoms with Gasteiger partial charge >= 0.3 is 0 Å². The summed E-state index contributed by atoms with van der Waals surface area (Å²) in [4.78, 5) is 34.8. The summed E-state index contributed by atoms with van der Waals surface area (Å²) in [7, 11) is 3.67. The van der Waals surface area contributed by atoms with Crippen LogP contribution in [0, 0.1) is 6.92 Å². The summed E-state index contributed by atoms with van der Waals surface area (Å²) in [6.07, 6.45) is 0.855. The Labute approximate surface area is 223 Å². The molecule has 4 aromatic rings. The molecule has 0 unspecified atom stereocenters. The van der Waals surface area contributed by atoms with E-state index in [1.807, 2.05) is 46.1 Å². The van der Waals surface area contributed by atoms with Gasteiger partial charge in [-0.05, 0) is 56.8 Å². The molecule has 0 saturated heterocycles. The number of halogens is 3. The third-order valence-electron chi connectivity index (χ3n) is 5.73. The molecule has 2 aromatic carbocycles. The molecule has 0 atom stereocenters. The van der Waals surface area contributed by atoms with Gasteiger partial charge in [0.1, 0.15) is 16.9 Å². The lowest BCUT2D eigenvalue weighted by molar-refractivity contribution is -0.116. The van der Waals surface area contributed by atoms with Crippen molar-refractivity contribution < 1.29 is 4.79 Å². The maximum Gasteiger partial charge on any atom is 0.262 e. The van der Waals surface area contributed by atoms with Gasteiger partial charge in [0, 0.05) is 17.1 Å². The number of amides is 1. The lowest BCUT2D eigenvalue weighted by Crippen LogP contribution is -2.27. The third kappa shape index (κ3) is 5.27. The summed E-state index contributed by atoms with van der Waals surface area (Å²) in [5.74, 6) is 0.332. The molecule has 0 radical (unpaired) electrons. The monoisotopic (exact) mass is 546 g/mol. The molecule has 0 fully saturated rings. The number of fused-ring (bicyclic) bond motifs is 1. The lowest BCUT2D eigenvalue weighted by Gasteiger charge is -2.14. The van der Waals surface area contributed by atoms with Crippen LogP contribution in [0.5, 0.6) is 0 Å². The summed E-state index contributed by atoms with van der Waals surface area (Å²) in [6, 6.07) is 8.77. The number of hydrogen-bond donors (Lipinski definition) is 2. The zero-order valence-corrected chi connectivity index (χ0v) is 22.5. The van der Waals surface area contributed by atoms with E-state index in [2.05, 4.69) is 15.4 Å². The second-order valence-corrected chi connectivity index (χ2v) is 9.94. The highest BCUT2D eigenvalue weighted by Gasteiger charge is 2.21. The zero-order valence-electron chi connectivity index (χ0n) is 20.2. The maximum atomic E-state index is 13.1. The van der Waals surface area contributed by atoms with Crippen molar-refractivity contribution in [3.8, 4) is 5.69 Å². The third-order valence-corrected chi connectivity index (χ3v) is 6.52. The van der Waals surface area contributed by atoms with Crippen LogP contribution in [0.1, 0.15) is 29.6 Å². The molecular weight excluding hydrogens is 523 g/mol. The van der Waals surface area contributed by atoms with Crippen LogP contribution in [0.4, 0.5) is 5.69 Å². The molecule has 4 rings (SSSR count). The summed E-state index contributed by atoms with van der Waals surface area (Å²) in [5, 5.41) is 8.89. The number of hydrogen-bond acceptors (Lipinski definition) is 5. The minimum atomic E-state index is -0.299. The first-order chi connectivity index (χ1) is 17.1. The number of rotatable bonds is 7. The summed E-state index contributed by atoms with van der Waals surface area (Å²) < 4.78 is 1.50. The van der Waals surface area contributed by atoms with Crippen LogP contribution in [0.15, 0.2) is 35.1 Å². The predicted octanol–water partition coefficient (Wildman–Crippen LogP) is 5.03. The van der Waals surface area contributed by atoms with Crippen molar-refractivity contribution in [3.63, 3.8) is 0 Å². The van der Waals surface area contributed by atoms with Crippen molar-refractivity contribution in [1.82, 2.24) is 24.6 Å². The Morgan fingerprint density at radius 3 is 2.50 bits per heavy atom. The molecule has 188 valence electrons. The molecule has 0 spiro atoms. The number of likely N-dealkylation sites (N-methyl/N-ethyl adjacent to an activating group) is 1. The van der Waals surface area contributed by atoms with Gasteiger partial charge < -0.3 is 15.2 Å². The Morgan fingerprint density at radius 1 is 1.17 bits per heavy atom.